The zero-order chi connectivity index (χ0) is 17.8. The summed E-state index contributed by atoms with van der Waals surface area (Å²) < 4.78 is 5.71. The molecule has 0 spiro atoms. The Morgan fingerprint density at radius 1 is 1.08 bits per heavy atom. The Kier molecular flexibility index (Phi) is 5.00. The van der Waals surface area contributed by atoms with Crippen molar-refractivity contribution in [3.63, 3.8) is 0 Å². The van der Waals surface area contributed by atoms with E-state index in [2.05, 4.69) is 5.32 Å². The van der Waals surface area contributed by atoms with Crippen LogP contribution in [-0.2, 0) is 9.59 Å². The van der Waals surface area contributed by atoms with E-state index in [1.165, 1.54) is 0 Å². The monoisotopic (exact) mass is 340 g/mol. The first-order chi connectivity index (χ1) is 12.0. The van der Waals surface area contributed by atoms with Gasteiger partial charge in [0.05, 0.1) is 12.0 Å². The van der Waals surface area contributed by atoms with Crippen LogP contribution < -0.4 is 10.1 Å². The molecule has 1 fully saturated rings. The lowest BCUT2D eigenvalue weighted by molar-refractivity contribution is -0.141. The molecule has 2 aromatic carbocycles. The van der Waals surface area contributed by atoms with E-state index in [1.807, 2.05) is 30.3 Å². The van der Waals surface area contributed by atoms with Crippen molar-refractivity contribution >= 4 is 17.6 Å². The molecule has 2 N–H and O–H groups in total. The molecule has 1 amide bonds. The fraction of sp³-hybridized carbons (Fsp3) is 0.263. The molecule has 1 aliphatic heterocycles. The third kappa shape index (κ3) is 4.16. The van der Waals surface area contributed by atoms with E-state index in [0.717, 1.165) is 5.75 Å². The van der Waals surface area contributed by atoms with Crippen LogP contribution in [-0.4, -0.2) is 41.5 Å². The van der Waals surface area contributed by atoms with Crippen LogP contribution >= 0.6 is 0 Å². The summed E-state index contributed by atoms with van der Waals surface area (Å²) in [6.07, 6.45) is 0.326. The van der Waals surface area contributed by atoms with Gasteiger partial charge < -0.3 is 15.2 Å². The predicted molar refractivity (Wildman–Crippen MR) is 93.7 cm³/mol. The van der Waals surface area contributed by atoms with Crippen molar-refractivity contribution in [1.29, 1.82) is 0 Å². The average Bonchev–Trinajstić information content (AvgIpc) is 3.00. The third-order valence-electron chi connectivity index (χ3n) is 4.30. The fourth-order valence-corrected chi connectivity index (χ4v) is 2.94. The summed E-state index contributed by atoms with van der Waals surface area (Å²) in [5.74, 6) is -0.130. The van der Waals surface area contributed by atoms with Crippen molar-refractivity contribution in [2.75, 3.05) is 18.9 Å². The first-order valence-corrected chi connectivity index (χ1v) is 8.10. The number of nitrogens with zero attached hydrogens (tertiary/aromatic N) is 1. The van der Waals surface area contributed by atoms with Crippen LogP contribution in [0.2, 0.25) is 0 Å². The van der Waals surface area contributed by atoms with Crippen molar-refractivity contribution in [3.8, 4) is 11.5 Å². The molecule has 6 heteroatoms. The number of hydrogen-bond donors (Lipinski definition) is 2. The van der Waals surface area contributed by atoms with Gasteiger partial charge in [-0.25, -0.2) is 0 Å². The summed E-state index contributed by atoms with van der Waals surface area (Å²) in [4.78, 5) is 25.3. The fourth-order valence-electron chi connectivity index (χ4n) is 2.94. The van der Waals surface area contributed by atoms with Crippen molar-refractivity contribution in [2.24, 2.45) is 5.92 Å². The van der Waals surface area contributed by atoms with Gasteiger partial charge in [0.25, 0.3) is 0 Å². The second kappa shape index (κ2) is 7.36. The Balaban J connectivity index is 1.60. The number of amides is 1. The van der Waals surface area contributed by atoms with E-state index < -0.39 is 17.9 Å². The van der Waals surface area contributed by atoms with E-state index in [9.17, 15) is 9.59 Å². The number of anilines is 1. The van der Waals surface area contributed by atoms with E-state index in [4.69, 9.17) is 9.84 Å². The summed E-state index contributed by atoms with van der Waals surface area (Å²) in [7, 11) is 1.77. The van der Waals surface area contributed by atoms with Crippen LogP contribution in [0.1, 0.15) is 6.42 Å². The minimum absolute atomic E-state index is 0.192. The molecule has 1 heterocycles. The van der Waals surface area contributed by atoms with E-state index in [-0.39, 0.29) is 5.91 Å². The molecule has 0 radical (unpaired) electrons. The van der Waals surface area contributed by atoms with Gasteiger partial charge in [-0.15, -0.1) is 0 Å². The van der Waals surface area contributed by atoms with Gasteiger partial charge in [-0.3, -0.25) is 14.5 Å². The summed E-state index contributed by atoms with van der Waals surface area (Å²) >= 11 is 0. The minimum Gasteiger partial charge on any atom is -0.481 e. The molecule has 0 saturated carbocycles. The summed E-state index contributed by atoms with van der Waals surface area (Å²) in [5, 5.41) is 11.9. The first kappa shape index (κ1) is 17.0. The number of benzene rings is 2. The summed E-state index contributed by atoms with van der Waals surface area (Å²) in [6.45, 7) is 0.386. The molecule has 130 valence electrons. The Labute approximate surface area is 146 Å². The van der Waals surface area contributed by atoms with Crippen molar-refractivity contribution in [2.45, 2.75) is 12.5 Å². The second-order valence-electron chi connectivity index (χ2n) is 6.15. The van der Waals surface area contributed by atoms with Gasteiger partial charge in [0.1, 0.15) is 11.5 Å². The van der Waals surface area contributed by atoms with Gasteiger partial charge in [0.2, 0.25) is 5.91 Å². The highest BCUT2D eigenvalue weighted by molar-refractivity contribution is 5.95. The SMILES string of the molecule is CN1CC(C(=O)O)C[C@H]1C(=O)Nc1ccc(Oc2ccccc2)cc1. The molecule has 1 aliphatic rings. The van der Waals surface area contributed by atoms with Crippen LogP contribution in [0.4, 0.5) is 5.69 Å². The zero-order valence-corrected chi connectivity index (χ0v) is 13.9. The quantitative estimate of drug-likeness (QED) is 0.875. The minimum atomic E-state index is -0.857. The third-order valence-corrected chi connectivity index (χ3v) is 4.30. The number of ether oxygens (including phenoxy) is 1. The van der Waals surface area contributed by atoms with Crippen LogP contribution in [0.15, 0.2) is 54.6 Å². The van der Waals surface area contributed by atoms with Gasteiger partial charge in [-0.05, 0) is 49.9 Å². The lowest BCUT2D eigenvalue weighted by Gasteiger charge is -2.18. The number of aliphatic carboxylic acids is 1. The number of carbonyl (C=O) groups excluding carboxylic acids is 1. The Hall–Kier alpha value is -2.86. The standard InChI is InChI=1S/C19H20N2O4/c1-21-12-13(19(23)24)11-17(21)18(22)20-14-7-9-16(10-8-14)25-15-5-3-2-4-6-15/h2-10,13,17H,11-12H2,1H3,(H,20,22)(H,23,24)/t13?,17-/m0/s1. The highest BCUT2D eigenvalue weighted by atomic mass is 16.5. The van der Waals surface area contributed by atoms with E-state index in [0.29, 0.717) is 24.4 Å². The van der Waals surface area contributed by atoms with Crippen LogP contribution in [0, 0.1) is 5.92 Å². The number of likely N-dealkylation sites (N-methyl/N-ethyl adjacent to an activating group) is 1. The highest BCUT2D eigenvalue weighted by Gasteiger charge is 2.37. The average molecular weight is 340 g/mol. The zero-order valence-electron chi connectivity index (χ0n) is 13.9. The van der Waals surface area contributed by atoms with Gasteiger partial charge in [0, 0.05) is 12.2 Å². The second-order valence-corrected chi connectivity index (χ2v) is 6.15. The van der Waals surface area contributed by atoms with E-state index >= 15 is 0 Å². The van der Waals surface area contributed by atoms with Crippen LogP contribution in [0.3, 0.4) is 0 Å². The Morgan fingerprint density at radius 2 is 1.72 bits per heavy atom. The molecule has 6 nitrogen and oxygen atoms in total. The smallest absolute Gasteiger partial charge is 0.307 e. The van der Waals surface area contributed by atoms with Crippen molar-refractivity contribution in [3.05, 3.63) is 54.6 Å². The summed E-state index contributed by atoms with van der Waals surface area (Å²) in [5.41, 5.74) is 0.651. The number of nitrogens with one attached hydrogen (secondary N) is 1. The number of carbonyl (C=O) groups is 2. The molecule has 0 aliphatic carbocycles. The molecule has 2 atom stereocenters. The number of para-hydroxylation sites is 1. The maximum atomic E-state index is 12.4. The molecule has 3 rings (SSSR count). The topological polar surface area (TPSA) is 78.9 Å². The number of carboxylic acids is 1. The van der Waals surface area contributed by atoms with Crippen LogP contribution in [0.25, 0.3) is 0 Å². The van der Waals surface area contributed by atoms with Gasteiger partial charge >= 0.3 is 5.97 Å². The largest absolute Gasteiger partial charge is 0.481 e. The molecular weight excluding hydrogens is 320 g/mol. The first-order valence-electron chi connectivity index (χ1n) is 8.10. The highest BCUT2D eigenvalue weighted by Crippen LogP contribution is 2.25. The number of likely N-dealkylation sites (tertiary alicyclic amines) is 1. The van der Waals surface area contributed by atoms with Gasteiger partial charge in [-0.2, -0.15) is 0 Å². The molecule has 25 heavy (non-hydrogen) atoms. The van der Waals surface area contributed by atoms with Crippen molar-refractivity contribution in [1.82, 2.24) is 4.90 Å². The molecule has 2 aromatic rings. The molecule has 0 bridgehead atoms. The lowest BCUT2D eigenvalue weighted by atomic mass is 10.1. The molecule has 0 aromatic heterocycles. The van der Waals surface area contributed by atoms with Crippen molar-refractivity contribution < 1.29 is 19.4 Å². The predicted octanol–water partition coefficient (Wildman–Crippen LogP) is 2.82. The maximum absolute atomic E-state index is 12.4. The molecule has 1 unspecified atom stereocenters. The number of hydrogen-bond acceptors (Lipinski definition) is 4. The molecule has 1 saturated heterocycles. The van der Waals surface area contributed by atoms with Gasteiger partial charge in [-0.1, -0.05) is 18.2 Å². The van der Waals surface area contributed by atoms with Crippen LogP contribution in [0.5, 0.6) is 11.5 Å². The van der Waals surface area contributed by atoms with Gasteiger partial charge in [0.15, 0.2) is 0 Å². The Morgan fingerprint density at radius 3 is 2.32 bits per heavy atom. The lowest BCUT2D eigenvalue weighted by Crippen LogP contribution is -2.37. The Bertz CT molecular complexity index is 746. The maximum Gasteiger partial charge on any atom is 0.307 e. The number of carboxylic acid groups (broad SMARTS) is 1. The normalized spacial score (nSPS) is 20.2. The summed E-state index contributed by atoms with van der Waals surface area (Å²) in [6, 6.07) is 16.1. The molecular formula is C19H20N2O4. The van der Waals surface area contributed by atoms with E-state index in [1.54, 1.807) is 36.2 Å². The number of rotatable bonds is 5.